The number of hydrogen-bond acceptors (Lipinski definition) is 4. The monoisotopic (exact) mass is 215 g/mol. The SMILES string of the molecule is C=Nc1nc(NC2CCC2)c2cc[nH]c2n1. The number of nitrogens with one attached hydrogen (secondary N) is 2. The molecule has 5 nitrogen and oxygen atoms in total. The van der Waals surface area contributed by atoms with Crippen LogP contribution >= 0.6 is 0 Å². The summed E-state index contributed by atoms with van der Waals surface area (Å²) in [5.74, 6) is 1.27. The lowest BCUT2D eigenvalue weighted by Gasteiger charge is -2.27. The Balaban J connectivity index is 2.04. The van der Waals surface area contributed by atoms with Crippen molar-refractivity contribution in [2.75, 3.05) is 5.32 Å². The van der Waals surface area contributed by atoms with E-state index in [0.29, 0.717) is 12.0 Å². The van der Waals surface area contributed by atoms with Crippen LogP contribution in [0, 0.1) is 0 Å². The molecule has 2 heterocycles. The minimum Gasteiger partial charge on any atom is -0.367 e. The molecule has 0 atom stereocenters. The van der Waals surface area contributed by atoms with Gasteiger partial charge in [-0.15, -0.1) is 0 Å². The summed E-state index contributed by atoms with van der Waals surface area (Å²) in [6, 6.07) is 2.52. The van der Waals surface area contributed by atoms with Crippen LogP contribution in [0.4, 0.5) is 11.8 Å². The third-order valence-corrected chi connectivity index (χ3v) is 2.99. The Labute approximate surface area is 93.0 Å². The molecule has 0 aliphatic heterocycles. The molecule has 2 aromatic rings. The van der Waals surface area contributed by atoms with Crippen LogP contribution < -0.4 is 5.32 Å². The van der Waals surface area contributed by atoms with Gasteiger partial charge >= 0.3 is 0 Å². The molecule has 0 spiro atoms. The number of nitrogens with zero attached hydrogens (tertiary/aromatic N) is 3. The second kappa shape index (κ2) is 3.59. The van der Waals surface area contributed by atoms with E-state index in [4.69, 9.17) is 0 Å². The molecule has 2 aromatic heterocycles. The average Bonchev–Trinajstić information content (AvgIpc) is 2.70. The number of hydrogen-bond donors (Lipinski definition) is 2. The Morgan fingerprint density at radius 2 is 2.31 bits per heavy atom. The summed E-state index contributed by atoms with van der Waals surface area (Å²) in [6.45, 7) is 3.46. The number of rotatable bonds is 3. The minimum absolute atomic E-state index is 0.414. The molecule has 0 radical (unpaired) electrons. The summed E-state index contributed by atoms with van der Waals surface area (Å²) in [7, 11) is 0. The van der Waals surface area contributed by atoms with Crippen molar-refractivity contribution in [3.63, 3.8) is 0 Å². The van der Waals surface area contributed by atoms with Crippen LogP contribution in [0.15, 0.2) is 17.3 Å². The Bertz CT molecular complexity index is 526. The lowest BCUT2D eigenvalue weighted by atomic mass is 9.93. The zero-order valence-electron chi connectivity index (χ0n) is 8.90. The molecule has 1 fully saturated rings. The highest BCUT2D eigenvalue weighted by molar-refractivity contribution is 5.88. The standard InChI is InChI=1S/C11H13N5/c1-12-11-15-9-8(5-6-13-9)10(16-11)14-7-3-2-4-7/h5-7H,1-4H2,(H2,13,14,15,16). The topological polar surface area (TPSA) is 66.0 Å². The van der Waals surface area contributed by atoms with Gasteiger partial charge in [0.2, 0.25) is 0 Å². The van der Waals surface area contributed by atoms with Crippen molar-refractivity contribution in [3.8, 4) is 0 Å². The third-order valence-electron chi connectivity index (χ3n) is 2.99. The fraction of sp³-hybridized carbons (Fsp3) is 0.364. The normalized spacial score (nSPS) is 16.0. The molecule has 0 bridgehead atoms. The predicted molar refractivity (Wildman–Crippen MR) is 64.4 cm³/mol. The van der Waals surface area contributed by atoms with Crippen molar-refractivity contribution in [1.82, 2.24) is 15.0 Å². The first kappa shape index (κ1) is 9.33. The van der Waals surface area contributed by atoms with E-state index < -0.39 is 0 Å². The lowest BCUT2D eigenvalue weighted by molar-refractivity contribution is 0.445. The van der Waals surface area contributed by atoms with Gasteiger partial charge in [0.05, 0.1) is 5.39 Å². The maximum atomic E-state index is 4.34. The zero-order chi connectivity index (χ0) is 11.0. The van der Waals surface area contributed by atoms with E-state index in [1.54, 1.807) is 0 Å². The molecule has 3 rings (SSSR count). The largest absolute Gasteiger partial charge is 0.367 e. The number of aromatic amines is 1. The van der Waals surface area contributed by atoms with Gasteiger partial charge in [-0.2, -0.15) is 9.97 Å². The van der Waals surface area contributed by atoms with E-state index in [1.165, 1.54) is 19.3 Å². The summed E-state index contributed by atoms with van der Waals surface area (Å²) in [6.07, 6.45) is 5.59. The van der Waals surface area contributed by atoms with Gasteiger partial charge in [0, 0.05) is 12.2 Å². The molecule has 16 heavy (non-hydrogen) atoms. The van der Waals surface area contributed by atoms with Crippen molar-refractivity contribution < 1.29 is 0 Å². The molecule has 0 aromatic carbocycles. The summed E-state index contributed by atoms with van der Waals surface area (Å²) in [5.41, 5.74) is 0.805. The van der Waals surface area contributed by atoms with Crippen LogP contribution in [0.1, 0.15) is 19.3 Å². The van der Waals surface area contributed by atoms with Crippen LogP contribution in [0.3, 0.4) is 0 Å². The van der Waals surface area contributed by atoms with E-state index in [0.717, 1.165) is 16.9 Å². The van der Waals surface area contributed by atoms with Crippen LogP contribution in [0.5, 0.6) is 0 Å². The zero-order valence-corrected chi connectivity index (χ0v) is 8.90. The first-order valence-electron chi connectivity index (χ1n) is 5.45. The lowest BCUT2D eigenvalue weighted by Crippen LogP contribution is -2.27. The third kappa shape index (κ3) is 1.44. The Hall–Kier alpha value is -1.91. The summed E-state index contributed by atoms with van der Waals surface area (Å²) >= 11 is 0. The van der Waals surface area contributed by atoms with E-state index in [2.05, 4.69) is 32.0 Å². The van der Waals surface area contributed by atoms with Gasteiger partial charge in [0.25, 0.3) is 5.95 Å². The smallest absolute Gasteiger partial charge is 0.252 e. The second-order valence-corrected chi connectivity index (χ2v) is 4.04. The summed E-state index contributed by atoms with van der Waals surface area (Å²) < 4.78 is 0. The van der Waals surface area contributed by atoms with Crippen molar-refractivity contribution in [3.05, 3.63) is 12.3 Å². The summed E-state index contributed by atoms with van der Waals surface area (Å²) in [5, 5.41) is 4.44. The highest BCUT2D eigenvalue weighted by Gasteiger charge is 2.19. The molecule has 0 unspecified atom stereocenters. The van der Waals surface area contributed by atoms with E-state index in [9.17, 15) is 0 Å². The molecular weight excluding hydrogens is 202 g/mol. The molecule has 1 aliphatic rings. The van der Waals surface area contributed by atoms with Crippen molar-refractivity contribution in [2.24, 2.45) is 4.99 Å². The van der Waals surface area contributed by atoms with Gasteiger partial charge in [-0.1, -0.05) is 0 Å². The number of aromatic nitrogens is 3. The number of fused-ring (bicyclic) bond motifs is 1. The molecule has 1 saturated carbocycles. The van der Waals surface area contributed by atoms with Crippen molar-refractivity contribution in [2.45, 2.75) is 25.3 Å². The molecule has 0 saturated heterocycles. The maximum Gasteiger partial charge on any atom is 0.252 e. The number of aliphatic imine (C=N–C) groups is 1. The van der Waals surface area contributed by atoms with Gasteiger partial charge < -0.3 is 10.3 Å². The van der Waals surface area contributed by atoms with Crippen LogP contribution in [0.25, 0.3) is 11.0 Å². The Morgan fingerprint density at radius 3 is 3.00 bits per heavy atom. The minimum atomic E-state index is 0.414. The molecule has 0 amide bonds. The molecular formula is C11H13N5. The fourth-order valence-corrected chi connectivity index (χ4v) is 1.86. The van der Waals surface area contributed by atoms with Crippen molar-refractivity contribution >= 4 is 29.5 Å². The van der Waals surface area contributed by atoms with Crippen LogP contribution in [-0.2, 0) is 0 Å². The maximum absolute atomic E-state index is 4.34. The van der Waals surface area contributed by atoms with Crippen LogP contribution in [-0.4, -0.2) is 27.7 Å². The van der Waals surface area contributed by atoms with E-state index in [1.807, 2.05) is 12.3 Å². The average molecular weight is 215 g/mol. The van der Waals surface area contributed by atoms with Crippen molar-refractivity contribution in [1.29, 1.82) is 0 Å². The molecule has 1 aliphatic carbocycles. The van der Waals surface area contributed by atoms with Gasteiger partial charge in [-0.25, -0.2) is 4.99 Å². The van der Waals surface area contributed by atoms with Gasteiger partial charge in [-0.05, 0) is 32.0 Å². The van der Waals surface area contributed by atoms with E-state index >= 15 is 0 Å². The van der Waals surface area contributed by atoms with Crippen LogP contribution in [0.2, 0.25) is 0 Å². The predicted octanol–water partition coefficient (Wildman–Crippen LogP) is 2.25. The number of anilines is 1. The molecule has 2 N–H and O–H groups in total. The Morgan fingerprint density at radius 1 is 1.44 bits per heavy atom. The first-order chi connectivity index (χ1) is 7.86. The number of H-pyrrole nitrogens is 1. The second-order valence-electron chi connectivity index (χ2n) is 4.04. The van der Waals surface area contributed by atoms with Gasteiger partial charge in [-0.3, -0.25) is 0 Å². The molecule has 82 valence electrons. The highest BCUT2D eigenvalue weighted by Crippen LogP contribution is 2.27. The molecule has 5 heteroatoms. The van der Waals surface area contributed by atoms with Gasteiger partial charge in [0.1, 0.15) is 11.5 Å². The first-order valence-corrected chi connectivity index (χ1v) is 5.45. The van der Waals surface area contributed by atoms with Gasteiger partial charge in [0.15, 0.2) is 0 Å². The Kier molecular flexibility index (Phi) is 2.09. The quantitative estimate of drug-likeness (QED) is 0.772. The fourth-order valence-electron chi connectivity index (χ4n) is 1.86. The summed E-state index contributed by atoms with van der Waals surface area (Å²) in [4.78, 5) is 15.4. The highest BCUT2D eigenvalue weighted by atomic mass is 15.1. The van der Waals surface area contributed by atoms with E-state index in [-0.39, 0.29) is 0 Å².